The Bertz CT molecular complexity index is 1380. The number of rotatable bonds is 5. The molecule has 4 heterocycles. The second-order valence-electron chi connectivity index (χ2n) is 8.46. The number of fused-ring (bicyclic) bond motifs is 1. The van der Waals surface area contributed by atoms with Crippen molar-refractivity contribution >= 4 is 39.4 Å². The van der Waals surface area contributed by atoms with Crippen molar-refractivity contribution in [2.45, 2.75) is 40.2 Å². The molecule has 1 atom stereocenters. The fraction of sp³-hybridized carbons (Fsp3) is 0.333. The van der Waals surface area contributed by atoms with Gasteiger partial charge in [-0.2, -0.15) is 0 Å². The third kappa shape index (κ3) is 3.85. The number of hydrogen-bond donors (Lipinski definition) is 1. The van der Waals surface area contributed by atoms with E-state index in [0.717, 1.165) is 26.8 Å². The summed E-state index contributed by atoms with van der Waals surface area (Å²) in [6.45, 7) is 9.00. The van der Waals surface area contributed by atoms with E-state index >= 15 is 0 Å². The maximum Gasteiger partial charge on any atom is 0.274 e. The molecular formula is C24H25N5O2S2. The number of carbonyl (C=O) groups is 2. The summed E-state index contributed by atoms with van der Waals surface area (Å²) in [5, 5.41) is 5.78. The fourth-order valence-electron chi connectivity index (χ4n) is 4.17. The van der Waals surface area contributed by atoms with Gasteiger partial charge in [0.15, 0.2) is 4.96 Å². The molecule has 1 aliphatic heterocycles. The molecule has 5 rings (SSSR count). The van der Waals surface area contributed by atoms with Crippen molar-refractivity contribution in [3.63, 3.8) is 0 Å². The van der Waals surface area contributed by atoms with Crippen LogP contribution >= 0.6 is 22.7 Å². The summed E-state index contributed by atoms with van der Waals surface area (Å²) >= 11 is 3.04. The molecule has 1 aromatic carbocycles. The van der Waals surface area contributed by atoms with Crippen molar-refractivity contribution in [3.05, 3.63) is 63.0 Å². The zero-order valence-corrected chi connectivity index (χ0v) is 20.6. The molecule has 1 aliphatic rings. The Balaban J connectivity index is 1.31. The third-order valence-corrected chi connectivity index (χ3v) is 8.04. The lowest BCUT2D eigenvalue weighted by Gasteiger charge is -2.40. The maximum atomic E-state index is 13.4. The zero-order valence-electron chi connectivity index (χ0n) is 19.0. The molecule has 2 amide bonds. The quantitative estimate of drug-likeness (QED) is 0.460. The predicted octanol–water partition coefficient (Wildman–Crippen LogP) is 4.40. The summed E-state index contributed by atoms with van der Waals surface area (Å²) in [5.41, 5.74) is 5.19. The van der Waals surface area contributed by atoms with Gasteiger partial charge in [-0.3, -0.25) is 14.0 Å². The minimum absolute atomic E-state index is 0.0396. The van der Waals surface area contributed by atoms with Crippen molar-refractivity contribution in [1.82, 2.24) is 24.6 Å². The van der Waals surface area contributed by atoms with Crippen LogP contribution in [0.5, 0.6) is 0 Å². The summed E-state index contributed by atoms with van der Waals surface area (Å²) < 4.78 is 1.81. The predicted molar refractivity (Wildman–Crippen MR) is 131 cm³/mol. The van der Waals surface area contributed by atoms with E-state index in [1.54, 1.807) is 11.3 Å². The van der Waals surface area contributed by atoms with Gasteiger partial charge in [0.1, 0.15) is 11.4 Å². The van der Waals surface area contributed by atoms with Gasteiger partial charge in [0.2, 0.25) is 0 Å². The van der Waals surface area contributed by atoms with Gasteiger partial charge in [0.25, 0.3) is 11.8 Å². The van der Waals surface area contributed by atoms with E-state index in [4.69, 9.17) is 0 Å². The molecule has 7 nitrogen and oxygen atoms in total. The van der Waals surface area contributed by atoms with Gasteiger partial charge in [-0.25, -0.2) is 9.97 Å². The minimum Gasteiger partial charge on any atom is -0.349 e. The molecule has 4 aromatic rings. The molecule has 1 saturated heterocycles. The Labute approximate surface area is 200 Å². The Morgan fingerprint density at radius 3 is 2.70 bits per heavy atom. The lowest BCUT2D eigenvalue weighted by atomic mass is 10.0. The first kappa shape index (κ1) is 21.8. The number of hydrogen-bond acceptors (Lipinski definition) is 6. The molecule has 0 bridgehead atoms. The maximum absolute atomic E-state index is 13.4. The average Bonchev–Trinajstić information content (AvgIpc) is 3.43. The van der Waals surface area contributed by atoms with E-state index in [0.29, 0.717) is 30.2 Å². The Morgan fingerprint density at radius 1 is 1.15 bits per heavy atom. The topological polar surface area (TPSA) is 79.6 Å². The Kier molecular flexibility index (Phi) is 5.54. The monoisotopic (exact) mass is 479 g/mol. The van der Waals surface area contributed by atoms with Crippen LogP contribution in [0.25, 0.3) is 15.4 Å². The van der Waals surface area contributed by atoms with E-state index in [2.05, 4.69) is 47.3 Å². The van der Waals surface area contributed by atoms with Crippen LogP contribution < -0.4 is 5.32 Å². The highest BCUT2D eigenvalue weighted by Crippen LogP contribution is 2.33. The summed E-state index contributed by atoms with van der Waals surface area (Å²) in [4.78, 5) is 38.8. The van der Waals surface area contributed by atoms with Crippen molar-refractivity contribution in [1.29, 1.82) is 0 Å². The first-order valence-corrected chi connectivity index (χ1v) is 12.6. The van der Waals surface area contributed by atoms with E-state index in [9.17, 15) is 9.59 Å². The summed E-state index contributed by atoms with van der Waals surface area (Å²) in [7, 11) is 0. The number of aromatic nitrogens is 3. The molecule has 170 valence electrons. The van der Waals surface area contributed by atoms with Crippen LogP contribution in [-0.4, -0.2) is 50.2 Å². The van der Waals surface area contributed by atoms with E-state index in [1.165, 1.54) is 22.5 Å². The van der Waals surface area contributed by atoms with Crippen LogP contribution in [0.3, 0.4) is 0 Å². The van der Waals surface area contributed by atoms with Crippen molar-refractivity contribution < 1.29 is 9.59 Å². The number of nitrogens with one attached hydrogen (secondary N) is 1. The standard InChI is InChI=1S/C24H25N5O2S2/c1-13-5-6-17(11-14(13)2)21-19(27-16(4)33-21)23(31)28-8-7-18(28)12-25-22(30)20-15(3)26-24-29(20)9-10-32-24/h5-6,9-11,18H,7-8,12H2,1-4H3,(H,25,30). The van der Waals surface area contributed by atoms with Gasteiger partial charge >= 0.3 is 0 Å². The van der Waals surface area contributed by atoms with Gasteiger partial charge in [-0.05, 0) is 50.8 Å². The van der Waals surface area contributed by atoms with Gasteiger partial charge in [-0.1, -0.05) is 18.2 Å². The van der Waals surface area contributed by atoms with Gasteiger partial charge < -0.3 is 10.2 Å². The first-order valence-electron chi connectivity index (χ1n) is 10.9. The third-order valence-electron chi connectivity index (χ3n) is 6.26. The molecular weight excluding hydrogens is 454 g/mol. The molecule has 0 saturated carbocycles. The van der Waals surface area contributed by atoms with Crippen molar-refractivity contribution in [2.24, 2.45) is 0 Å². The molecule has 1 unspecified atom stereocenters. The molecule has 33 heavy (non-hydrogen) atoms. The molecule has 0 radical (unpaired) electrons. The van der Waals surface area contributed by atoms with Crippen LogP contribution in [0.15, 0.2) is 29.8 Å². The smallest absolute Gasteiger partial charge is 0.274 e. The number of thiazole rings is 2. The number of imidazole rings is 1. The van der Waals surface area contributed by atoms with Gasteiger partial charge in [-0.15, -0.1) is 22.7 Å². The number of benzene rings is 1. The van der Waals surface area contributed by atoms with E-state index < -0.39 is 0 Å². The summed E-state index contributed by atoms with van der Waals surface area (Å²) in [6, 6.07) is 6.21. The summed E-state index contributed by atoms with van der Waals surface area (Å²) in [6.07, 6.45) is 2.71. The number of likely N-dealkylation sites (tertiary alicyclic amines) is 1. The zero-order chi connectivity index (χ0) is 23.3. The molecule has 1 N–H and O–H groups in total. The van der Waals surface area contributed by atoms with Crippen LogP contribution in [0.1, 0.15) is 49.2 Å². The second-order valence-corrected chi connectivity index (χ2v) is 10.5. The highest BCUT2D eigenvalue weighted by Gasteiger charge is 2.35. The Morgan fingerprint density at radius 2 is 1.97 bits per heavy atom. The number of carbonyl (C=O) groups excluding carboxylic acids is 2. The highest BCUT2D eigenvalue weighted by molar-refractivity contribution is 7.15. The van der Waals surface area contributed by atoms with Crippen LogP contribution in [0.4, 0.5) is 0 Å². The van der Waals surface area contributed by atoms with Crippen molar-refractivity contribution in [3.8, 4) is 10.4 Å². The molecule has 1 fully saturated rings. The van der Waals surface area contributed by atoms with Crippen molar-refractivity contribution in [2.75, 3.05) is 13.1 Å². The van der Waals surface area contributed by atoms with Gasteiger partial charge in [0.05, 0.1) is 21.6 Å². The SMILES string of the molecule is Cc1nc(C(=O)N2CCC2CNC(=O)c2c(C)nc3sccn23)c(-c2ccc(C)c(C)c2)s1. The summed E-state index contributed by atoms with van der Waals surface area (Å²) in [5.74, 6) is -0.239. The normalized spacial score (nSPS) is 15.6. The number of aryl methyl sites for hydroxylation is 4. The largest absolute Gasteiger partial charge is 0.349 e. The van der Waals surface area contributed by atoms with E-state index in [-0.39, 0.29) is 17.9 Å². The van der Waals surface area contributed by atoms with E-state index in [1.807, 2.05) is 34.7 Å². The minimum atomic E-state index is -0.168. The lowest BCUT2D eigenvalue weighted by Crippen LogP contribution is -2.56. The highest BCUT2D eigenvalue weighted by atomic mass is 32.1. The van der Waals surface area contributed by atoms with Gasteiger partial charge in [0, 0.05) is 24.7 Å². The average molecular weight is 480 g/mol. The van der Waals surface area contributed by atoms with Crippen LogP contribution in [0.2, 0.25) is 0 Å². The lowest BCUT2D eigenvalue weighted by molar-refractivity contribution is 0.0451. The molecule has 0 spiro atoms. The second kappa shape index (κ2) is 8.39. The van der Waals surface area contributed by atoms with Crippen LogP contribution in [-0.2, 0) is 0 Å². The Hall–Kier alpha value is -3.04. The first-order chi connectivity index (χ1) is 15.8. The number of nitrogens with zero attached hydrogens (tertiary/aromatic N) is 4. The fourth-order valence-corrected chi connectivity index (χ4v) is 5.83. The van der Waals surface area contributed by atoms with Crippen LogP contribution in [0, 0.1) is 27.7 Å². The molecule has 3 aromatic heterocycles. The molecule has 9 heteroatoms. The number of amides is 2. The molecule has 0 aliphatic carbocycles.